The van der Waals surface area contributed by atoms with Gasteiger partial charge in [-0.25, -0.2) is 4.98 Å². The highest BCUT2D eigenvalue weighted by atomic mass is 16.5. The fourth-order valence-corrected chi connectivity index (χ4v) is 4.65. The Morgan fingerprint density at radius 1 is 1.03 bits per heavy atom. The molecule has 0 saturated carbocycles. The normalized spacial score (nSPS) is 12.9. The topological polar surface area (TPSA) is 64.8 Å². The quantitative estimate of drug-likeness (QED) is 0.231. The summed E-state index contributed by atoms with van der Waals surface area (Å²) in [5.41, 5.74) is 6.94. The average molecular weight is 489 g/mol. The number of hydrogen-bond acceptors (Lipinski definition) is 6. The first-order valence-corrected chi connectivity index (χ1v) is 12.7. The number of allylic oxidation sites excluding steroid dienone is 2. The highest BCUT2D eigenvalue weighted by Crippen LogP contribution is 2.35. The summed E-state index contributed by atoms with van der Waals surface area (Å²) < 4.78 is 17.1. The van der Waals surface area contributed by atoms with Crippen molar-refractivity contribution >= 4 is 17.2 Å². The molecule has 6 heteroatoms. The van der Waals surface area contributed by atoms with Crippen molar-refractivity contribution in [1.29, 1.82) is 0 Å². The molecule has 1 heterocycles. The predicted molar refractivity (Wildman–Crippen MR) is 143 cm³/mol. The monoisotopic (exact) mass is 488 g/mol. The van der Waals surface area contributed by atoms with Crippen molar-refractivity contribution in [3.8, 4) is 11.5 Å². The second-order valence-corrected chi connectivity index (χ2v) is 9.40. The van der Waals surface area contributed by atoms with Crippen LogP contribution < -0.4 is 4.90 Å². The number of carbonyl (C=O) groups is 1. The molecule has 36 heavy (non-hydrogen) atoms. The molecule has 0 bridgehead atoms. The number of aromatic nitrogens is 1. The van der Waals surface area contributed by atoms with E-state index in [1.54, 1.807) is 0 Å². The lowest BCUT2D eigenvalue weighted by Gasteiger charge is -2.24. The number of anilines is 1. The highest BCUT2D eigenvalue weighted by molar-refractivity contribution is 5.72. The number of unbranched alkanes of at least 4 members (excludes halogenated alkanes) is 1. The third kappa shape index (κ3) is 6.17. The van der Waals surface area contributed by atoms with Gasteiger partial charge in [0.2, 0.25) is 5.89 Å². The fourth-order valence-electron chi connectivity index (χ4n) is 4.65. The molecule has 0 atom stereocenters. The van der Waals surface area contributed by atoms with Crippen LogP contribution in [0.4, 0.5) is 5.69 Å². The molecule has 3 aromatic rings. The number of hydrogen-bond donors (Lipinski definition) is 0. The Kier molecular flexibility index (Phi) is 8.47. The van der Waals surface area contributed by atoms with Crippen molar-refractivity contribution in [2.24, 2.45) is 0 Å². The second-order valence-electron chi connectivity index (χ2n) is 9.40. The number of fused-ring (bicyclic) bond motifs is 1. The van der Waals surface area contributed by atoms with Gasteiger partial charge in [0.25, 0.3) is 0 Å². The van der Waals surface area contributed by atoms with Crippen LogP contribution in [0.15, 0.2) is 58.7 Å². The van der Waals surface area contributed by atoms with Gasteiger partial charge in [0.1, 0.15) is 11.5 Å². The molecule has 4 rings (SSSR count). The SMILES string of the molecule is COC(=O)CCCCC1=C(OCCc2nc(-c3ccc(N(C)C)cc3)oc2C)CCc2ccccc21. The molecule has 1 aliphatic carbocycles. The molecule has 0 aliphatic heterocycles. The third-order valence-corrected chi connectivity index (χ3v) is 6.72. The lowest BCUT2D eigenvalue weighted by Crippen LogP contribution is -2.10. The summed E-state index contributed by atoms with van der Waals surface area (Å²) in [7, 11) is 5.49. The summed E-state index contributed by atoms with van der Waals surface area (Å²) in [6, 6.07) is 16.8. The van der Waals surface area contributed by atoms with E-state index < -0.39 is 0 Å². The van der Waals surface area contributed by atoms with Crippen LogP contribution in [0.25, 0.3) is 17.0 Å². The molecular weight excluding hydrogens is 452 g/mol. The number of aryl methyl sites for hydroxylation is 2. The molecule has 0 N–H and O–H groups in total. The number of rotatable bonds is 11. The van der Waals surface area contributed by atoms with Gasteiger partial charge in [-0.2, -0.15) is 0 Å². The molecule has 0 unspecified atom stereocenters. The second kappa shape index (κ2) is 11.9. The Morgan fingerprint density at radius 2 is 1.81 bits per heavy atom. The lowest BCUT2D eigenvalue weighted by atomic mass is 9.87. The minimum Gasteiger partial charge on any atom is -0.497 e. The van der Waals surface area contributed by atoms with Gasteiger partial charge in [0.15, 0.2) is 0 Å². The van der Waals surface area contributed by atoms with E-state index in [4.69, 9.17) is 18.9 Å². The van der Waals surface area contributed by atoms with Crippen LogP contribution in [-0.4, -0.2) is 38.8 Å². The molecule has 0 saturated heterocycles. The van der Waals surface area contributed by atoms with Crippen LogP contribution >= 0.6 is 0 Å². The van der Waals surface area contributed by atoms with Gasteiger partial charge < -0.3 is 18.8 Å². The van der Waals surface area contributed by atoms with Gasteiger partial charge in [-0.15, -0.1) is 0 Å². The molecular formula is C30H36N2O4. The Hall–Kier alpha value is -3.54. The Labute approximate surface area is 213 Å². The van der Waals surface area contributed by atoms with E-state index in [9.17, 15) is 4.79 Å². The van der Waals surface area contributed by atoms with Gasteiger partial charge in [-0.05, 0) is 73.6 Å². The molecule has 2 aromatic carbocycles. The molecule has 0 radical (unpaired) electrons. The first-order valence-electron chi connectivity index (χ1n) is 12.7. The van der Waals surface area contributed by atoms with Gasteiger partial charge in [0, 0.05) is 44.6 Å². The van der Waals surface area contributed by atoms with Gasteiger partial charge >= 0.3 is 5.97 Å². The van der Waals surface area contributed by atoms with Crippen molar-refractivity contribution in [3.63, 3.8) is 0 Å². The summed E-state index contributed by atoms with van der Waals surface area (Å²) in [5, 5.41) is 0. The standard InChI is InChI=1S/C30H36N2O4/c1-21-27(31-30(36-21)23-13-16-24(17-14-23)32(2)3)19-20-35-28-18-15-22-9-5-6-10-25(22)26(28)11-7-8-12-29(33)34-4/h5-6,9-10,13-14,16-17H,7-8,11-12,15,18-20H2,1-4H3. The van der Waals surface area contributed by atoms with E-state index in [-0.39, 0.29) is 5.97 Å². The maximum absolute atomic E-state index is 11.5. The van der Waals surface area contributed by atoms with Crippen molar-refractivity contribution in [2.75, 3.05) is 32.7 Å². The van der Waals surface area contributed by atoms with E-state index in [2.05, 4.69) is 41.3 Å². The number of carbonyl (C=O) groups excluding carboxylic acids is 1. The van der Waals surface area contributed by atoms with Gasteiger partial charge in [0.05, 0.1) is 19.4 Å². The first kappa shape index (κ1) is 25.5. The third-order valence-electron chi connectivity index (χ3n) is 6.72. The number of ether oxygens (including phenoxy) is 2. The minimum atomic E-state index is -0.152. The summed E-state index contributed by atoms with van der Waals surface area (Å²) in [5.74, 6) is 2.38. The van der Waals surface area contributed by atoms with Crippen LogP contribution in [0.5, 0.6) is 0 Å². The Bertz CT molecular complexity index is 1210. The fraction of sp³-hybridized carbons (Fsp3) is 0.400. The Morgan fingerprint density at radius 3 is 2.56 bits per heavy atom. The highest BCUT2D eigenvalue weighted by Gasteiger charge is 2.20. The smallest absolute Gasteiger partial charge is 0.305 e. The Balaban J connectivity index is 1.42. The molecule has 0 fully saturated rings. The number of methoxy groups -OCH3 is 1. The molecule has 0 amide bonds. The lowest BCUT2D eigenvalue weighted by molar-refractivity contribution is -0.140. The van der Waals surface area contributed by atoms with E-state index in [1.165, 1.54) is 23.8 Å². The van der Waals surface area contributed by atoms with Crippen molar-refractivity contribution in [3.05, 3.63) is 76.9 Å². The number of esters is 1. The zero-order valence-electron chi connectivity index (χ0n) is 21.8. The molecule has 1 aromatic heterocycles. The van der Waals surface area contributed by atoms with Crippen LogP contribution in [0.2, 0.25) is 0 Å². The van der Waals surface area contributed by atoms with E-state index in [1.807, 2.05) is 33.2 Å². The summed E-state index contributed by atoms with van der Waals surface area (Å²) in [6.07, 6.45) is 5.63. The van der Waals surface area contributed by atoms with Gasteiger partial charge in [-0.3, -0.25) is 4.79 Å². The van der Waals surface area contributed by atoms with Crippen LogP contribution in [0.1, 0.15) is 54.7 Å². The summed E-state index contributed by atoms with van der Waals surface area (Å²) in [6.45, 7) is 2.51. The van der Waals surface area contributed by atoms with Crippen LogP contribution in [0.3, 0.4) is 0 Å². The van der Waals surface area contributed by atoms with Crippen molar-refractivity contribution in [1.82, 2.24) is 4.98 Å². The predicted octanol–water partition coefficient (Wildman–Crippen LogP) is 6.37. The zero-order valence-corrected chi connectivity index (χ0v) is 21.8. The maximum Gasteiger partial charge on any atom is 0.305 e. The maximum atomic E-state index is 11.5. The molecule has 0 spiro atoms. The van der Waals surface area contributed by atoms with Crippen molar-refractivity contribution < 1.29 is 18.7 Å². The van der Waals surface area contributed by atoms with Crippen LogP contribution in [-0.2, 0) is 27.1 Å². The molecule has 1 aliphatic rings. The van der Waals surface area contributed by atoms with Gasteiger partial charge in [-0.1, -0.05) is 24.3 Å². The number of benzene rings is 2. The van der Waals surface area contributed by atoms with E-state index >= 15 is 0 Å². The molecule has 190 valence electrons. The van der Waals surface area contributed by atoms with E-state index in [0.29, 0.717) is 25.3 Å². The number of nitrogens with zero attached hydrogens (tertiary/aromatic N) is 2. The summed E-state index contributed by atoms with van der Waals surface area (Å²) >= 11 is 0. The summed E-state index contributed by atoms with van der Waals surface area (Å²) in [4.78, 5) is 18.3. The minimum absolute atomic E-state index is 0.152. The van der Waals surface area contributed by atoms with Crippen molar-refractivity contribution in [2.45, 2.75) is 51.9 Å². The van der Waals surface area contributed by atoms with Crippen LogP contribution in [0, 0.1) is 6.92 Å². The first-order chi connectivity index (χ1) is 17.5. The molecule has 6 nitrogen and oxygen atoms in total. The van der Waals surface area contributed by atoms with E-state index in [0.717, 1.165) is 60.6 Å². The average Bonchev–Trinajstić information content (AvgIpc) is 3.27. The number of oxazole rings is 1. The zero-order chi connectivity index (χ0) is 25.5. The largest absolute Gasteiger partial charge is 0.497 e.